The number of carbonyl (C=O) groups excluding carboxylic acids is 1. The van der Waals surface area contributed by atoms with Crippen molar-refractivity contribution in [1.82, 2.24) is 9.80 Å². The summed E-state index contributed by atoms with van der Waals surface area (Å²) in [6.07, 6.45) is 2.91. The smallest absolute Gasteiger partial charge is 0.410 e. The number of rotatable bonds is 4. The molecule has 0 aliphatic carbocycles. The highest BCUT2D eigenvalue weighted by atomic mass is 16.6. The van der Waals surface area contributed by atoms with Crippen LogP contribution in [-0.4, -0.2) is 61.8 Å². The van der Waals surface area contributed by atoms with Crippen molar-refractivity contribution in [2.75, 3.05) is 40.3 Å². The van der Waals surface area contributed by atoms with Crippen LogP contribution in [0.1, 0.15) is 40.0 Å². The Balaban J connectivity index is 2.65. The molecular weight excluding hydrogens is 254 g/mol. The van der Waals surface area contributed by atoms with Crippen LogP contribution >= 0.6 is 0 Å². The number of nitrogens with two attached hydrogens (primary N) is 1. The van der Waals surface area contributed by atoms with Gasteiger partial charge in [-0.05, 0) is 67.2 Å². The number of ether oxygens (including phenoxy) is 1. The van der Waals surface area contributed by atoms with Gasteiger partial charge in [-0.3, -0.25) is 0 Å². The topological polar surface area (TPSA) is 58.8 Å². The second-order valence-electron chi connectivity index (χ2n) is 7.26. The fourth-order valence-corrected chi connectivity index (χ4v) is 2.62. The van der Waals surface area contributed by atoms with Gasteiger partial charge in [0.2, 0.25) is 0 Å². The van der Waals surface area contributed by atoms with Crippen molar-refractivity contribution in [3.63, 3.8) is 0 Å². The Morgan fingerprint density at radius 3 is 2.55 bits per heavy atom. The highest BCUT2D eigenvalue weighted by molar-refractivity contribution is 5.68. The summed E-state index contributed by atoms with van der Waals surface area (Å²) in [5, 5.41) is 0. The SMILES string of the molecule is CN(C)CCC1(CN)CCCN(C(=O)OC(C)(C)C)C1. The van der Waals surface area contributed by atoms with Crippen LogP contribution in [0.4, 0.5) is 4.79 Å². The molecule has 1 amide bonds. The number of nitrogens with zero attached hydrogens (tertiary/aromatic N) is 2. The molecule has 1 heterocycles. The molecule has 0 aromatic heterocycles. The fraction of sp³-hybridized carbons (Fsp3) is 0.933. The molecule has 0 aromatic rings. The highest BCUT2D eigenvalue weighted by Crippen LogP contribution is 2.33. The van der Waals surface area contributed by atoms with Crippen molar-refractivity contribution in [1.29, 1.82) is 0 Å². The second kappa shape index (κ2) is 6.76. The summed E-state index contributed by atoms with van der Waals surface area (Å²) < 4.78 is 5.48. The first-order chi connectivity index (χ1) is 9.17. The quantitative estimate of drug-likeness (QED) is 0.857. The van der Waals surface area contributed by atoms with Gasteiger partial charge in [0.25, 0.3) is 0 Å². The Labute approximate surface area is 123 Å². The van der Waals surface area contributed by atoms with Crippen LogP contribution in [0, 0.1) is 5.41 Å². The van der Waals surface area contributed by atoms with E-state index in [0.717, 1.165) is 32.4 Å². The lowest BCUT2D eigenvalue weighted by Crippen LogP contribution is -2.51. The summed E-state index contributed by atoms with van der Waals surface area (Å²) in [5.41, 5.74) is 5.62. The molecule has 0 spiro atoms. The van der Waals surface area contributed by atoms with Gasteiger partial charge in [0.05, 0.1) is 0 Å². The van der Waals surface area contributed by atoms with E-state index in [9.17, 15) is 4.79 Å². The van der Waals surface area contributed by atoms with Crippen LogP contribution in [0.3, 0.4) is 0 Å². The van der Waals surface area contributed by atoms with Gasteiger partial charge in [0.1, 0.15) is 5.60 Å². The molecule has 5 nitrogen and oxygen atoms in total. The van der Waals surface area contributed by atoms with Crippen LogP contribution < -0.4 is 5.73 Å². The van der Waals surface area contributed by atoms with Gasteiger partial charge in [-0.1, -0.05) is 0 Å². The van der Waals surface area contributed by atoms with Crippen molar-refractivity contribution >= 4 is 6.09 Å². The molecule has 1 aliphatic rings. The van der Waals surface area contributed by atoms with Gasteiger partial charge in [0.15, 0.2) is 0 Å². The first kappa shape index (κ1) is 17.2. The van der Waals surface area contributed by atoms with Gasteiger partial charge >= 0.3 is 6.09 Å². The second-order valence-corrected chi connectivity index (χ2v) is 7.26. The lowest BCUT2D eigenvalue weighted by Gasteiger charge is -2.43. The number of carbonyl (C=O) groups is 1. The third-order valence-electron chi connectivity index (χ3n) is 3.84. The average Bonchev–Trinajstić information content (AvgIpc) is 2.34. The number of hydrogen-bond donors (Lipinski definition) is 1. The Hall–Kier alpha value is -0.810. The molecule has 0 bridgehead atoms. The lowest BCUT2D eigenvalue weighted by molar-refractivity contribution is 0.00304. The van der Waals surface area contributed by atoms with Crippen molar-refractivity contribution in [2.45, 2.75) is 45.6 Å². The van der Waals surface area contributed by atoms with Crippen LogP contribution in [0.15, 0.2) is 0 Å². The third-order valence-corrected chi connectivity index (χ3v) is 3.84. The fourth-order valence-electron chi connectivity index (χ4n) is 2.62. The van der Waals surface area contributed by atoms with Gasteiger partial charge in [-0.25, -0.2) is 4.79 Å². The summed E-state index contributed by atoms with van der Waals surface area (Å²) in [5.74, 6) is 0. The average molecular weight is 285 g/mol. The number of hydrogen-bond acceptors (Lipinski definition) is 4. The molecule has 1 unspecified atom stereocenters. The molecule has 5 heteroatoms. The Bertz CT molecular complexity index is 326. The van der Waals surface area contributed by atoms with Crippen molar-refractivity contribution < 1.29 is 9.53 Å². The van der Waals surface area contributed by atoms with E-state index in [4.69, 9.17) is 10.5 Å². The highest BCUT2D eigenvalue weighted by Gasteiger charge is 2.37. The molecule has 2 N–H and O–H groups in total. The van der Waals surface area contributed by atoms with Gasteiger partial charge in [-0.15, -0.1) is 0 Å². The largest absolute Gasteiger partial charge is 0.444 e. The van der Waals surface area contributed by atoms with Gasteiger partial charge < -0.3 is 20.3 Å². The molecule has 1 fully saturated rings. The van der Waals surface area contributed by atoms with E-state index in [1.165, 1.54) is 0 Å². The predicted molar refractivity (Wildman–Crippen MR) is 81.7 cm³/mol. The maximum atomic E-state index is 12.2. The minimum Gasteiger partial charge on any atom is -0.444 e. The zero-order valence-corrected chi connectivity index (χ0v) is 13.7. The van der Waals surface area contributed by atoms with E-state index < -0.39 is 5.60 Å². The minimum absolute atomic E-state index is 0.0411. The van der Waals surface area contributed by atoms with E-state index in [1.54, 1.807) is 0 Å². The monoisotopic (exact) mass is 285 g/mol. The maximum absolute atomic E-state index is 12.2. The van der Waals surface area contributed by atoms with E-state index in [2.05, 4.69) is 19.0 Å². The van der Waals surface area contributed by atoms with E-state index in [0.29, 0.717) is 13.1 Å². The lowest BCUT2D eigenvalue weighted by atomic mass is 9.77. The van der Waals surface area contributed by atoms with Crippen molar-refractivity contribution in [3.05, 3.63) is 0 Å². The molecule has 0 saturated carbocycles. The summed E-state index contributed by atoms with van der Waals surface area (Å²) in [6, 6.07) is 0. The summed E-state index contributed by atoms with van der Waals surface area (Å²) >= 11 is 0. The van der Waals surface area contributed by atoms with Crippen LogP contribution in [-0.2, 0) is 4.74 Å². The molecule has 0 radical (unpaired) electrons. The minimum atomic E-state index is -0.441. The maximum Gasteiger partial charge on any atom is 0.410 e. The molecule has 1 atom stereocenters. The van der Waals surface area contributed by atoms with E-state index in [-0.39, 0.29) is 11.5 Å². The van der Waals surface area contributed by atoms with Crippen LogP contribution in [0.25, 0.3) is 0 Å². The number of piperidine rings is 1. The molecular formula is C15H31N3O2. The predicted octanol–water partition coefficient (Wildman–Crippen LogP) is 1.91. The number of likely N-dealkylation sites (tertiary alicyclic amines) is 1. The number of amides is 1. The molecule has 1 rings (SSSR count). The van der Waals surface area contributed by atoms with E-state index >= 15 is 0 Å². The molecule has 20 heavy (non-hydrogen) atoms. The Morgan fingerprint density at radius 1 is 1.40 bits per heavy atom. The zero-order chi connectivity index (χ0) is 15.4. The summed E-state index contributed by atoms with van der Waals surface area (Å²) in [7, 11) is 4.14. The molecule has 1 saturated heterocycles. The molecule has 1 aliphatic heterocycles. The van der Waals surface area contributed by atoms with Crippen LogP contribution in [0.5, 0.6) is 0 Å². The van der Waals surface area contributed by atoms with Crippen molar-refractivity contribution in [3.8, 4) is 0 Å². The molecule has 0 aromatic carbocycles. The standard InChI is InChI=1S/C15H31N3O2/c1-14(2,3)20-13(19)18-9-6-7-15(11-16,12-18)8-10-17(4)5/h6-12,16H2,1-5H3. The van der Waals surface area contributed by atoms with Gasteiger partial charge in [-0.2, -0.15) is 0 Å². The summed E-state index contributed by atoms with van der Waals surface area (Å²) in [4.78, 5) is 16.2. The first-order valence-corrected chi connectivity index (χ1v) is 7.50. The normalized spacial score (nSPS) is 24.1. The molecule has 118 valence electrons. The Morgan fingerprint density at radius 2 is 2.05 bits per heavy atom. The Kier molecular flexibility index (Phi) is 5.83. The van der Waals surface area contributed by atoms with Crippen LogP contribution in [0.2, 0.25) is 0 Å². The third kappa shape index (κ3) is 5.29. The van der Waals surface area contributed by atoms with Crippen molar-refractivity contribution in [2.24, 2.45) is 11.1 Å². The first-order valence-electron chi connectivity index (χ1n) is 7.50. The zero-order valence-electron chi connectivity index (χ0n) is 13.7. The van der Waals surface area contributed by atoms with Gasteiger partial charge in [0, 0.05) is 18.5 Å². The summed E-state index contributed by atoms with van der Waals surface area (Å²) in [6.45, 7) is 8.82. The van der Waals surface area contributed by atoms with E-state index in [1.807, 2.05) is 25.7 Å².